The van der Waals surface area contributed by atoms with E-state index in [0.717, 1.165) is 23.7 Å². The van der Waals surface area contributed by atoms with Crippen LogP contribution in [0.3, 0.4) is 0 Å². The van der Waals surface area contributed by atoms with E-state index in [2.05, 4.69) is 46.5 Å². The molecule has 1 heterocycles. The minimum absolute atomic E-state index is 0.366. The number of rotatable bonds is 4. The van der Waals surface area contributed by atoms with E-state index < -0.39 is 0 Å². The number of alkyl halides is 3. The summed E-state index contributed by atoms with van der Waals surface area (Å²) in [6.45, 7) is 10.3. The third-order valence-electron chi connectivity index (χ3n) is 8.25. The first-order valence-corrected chi connectivity index (χ1v) is 19.2. The van der Waals surface area contributed by atoms with Crippen LogP contribution in [-0.2, 0) is 0 Å². The van der Waals surface area contributed by atoms with Crippen LogP contribution >= 0.6 is 29.1 Å². The Hall–Kier alpha value is -0.140. The second-order valence-electron chi connectivity index (χ2n) is 10.2. The summed E-state index contributed by atoms with van der Waals surface area (Å²) >= 11 is -0.366. The topological polar surface area (TPSA) is 0 Å². The number of hydrogen-bond donors (Lipinski definition) is 0. The summed E-state index contributed by atoms with van der Waals surface area (Å²) < 4.78 is 5.12. The minimum atomic E-state index is -0.366. The average Bonchev–Trinajstić information content (AvgIpc) is 2.85. The van der Waals surface area contributed by atoms with Crippen molar-refractivity contribution in [3.05, 3.63) is 41.5 Å². The molecule has 1 saturated heterocycles. The average molecular weight is 581 g/mol. The number of fused-ring (bicyclic) bond motifs is 1. The Kier molecular flexibility index (Phi) is 11.5. The first kappa shape index (κ1) is 27.4. The normalized spacial score (nSPS) is 28.1. The van der Waals surface area contributed by atoms with Gasteiger partial charge in [0.1, 0.15) is 0 Å². The first-order valence-electron chi connectivity index (χ1n) is 14.0. The predicted molar refractivity (Wildman–Crippen MR) is 164 cm³/mol. The third-order valence-corrected chi connectivity index (χ3v) is 15.7. The van der Waals surface area contributed by atoms with E-state index in [9.17, 15) is 0 Å². The fraction of sp³-hybridized carbons (Fsp3) is 0.677. The molecule has 0 spiro atoms. The number of aryl methyl sites for hydroxylation is 1. The van der Waals surface area contributed by atoms with Crippen molar-refractivity contribution in [1.82, 2.24) is 0 Å². The number of benzene rings is 2. The molecule has 5 rings (SSSR count). The fourth-order valence-electron chi connectivity index (χ4n) is 6.35. The Labute approximate surface area is 215 Å². The second kappa shape index (κ2) is 13.8. The minimum Gasteiger partial charge on any atom is -0.106 e. The Morgan fingerprint density at radius 2 is 1.39 bits per heavy atom. The summed E-state index contributed by atoms with van der Waals surface area (Å²) in [7, 11) is 2.84. The van der Waals surface area contributed by atoms with Gasteiger partial charge in [0, 0.05) is 0 Å². The van der Waals surface area contributed by atoms with Crippen LogP contribution in [0.5, 0.6) is 0 Å². The van der Waals surface area contributed by atoms with Crippen LogP contribution in [-0.4, -0.2) is 13.3 Å². The van der Waals surface area contributed by atoms with Gasteiger partial charge in [0.2, 0.25) is 0 Å². The molecule has 0 radical (unpaired) electrons. The van der Waals surface area contributed by atoms with Gasteiger partial charge in [-0.3, -0.25) is 0 Å². The van der Waals surface area contributed by atoms with Gasteiger partial charge in [-0.2, -0.15) is 0 Å². The van der Waals surface area contributed by atoms with E-state index in [4.69, 9.17) is 0 Å². The van der Waals surface area contributed by atoms with Gasteiger partial charge >= 0.3 is 143 Å². The fourth-order valence-corrected chi connectivity index (χ4v) is 12.0. The molecule has 0 amide bonds. The van der Waals surface area contributed by atoms with Crippen LogP contribution < -0.4 is 5.30 Å². The summed E-state index contributed by atoms with van der Waals surface area (Å²) in [6.07, 6.45) is 13.7. The van der Waals surface area contributed by atoms with Gasteiger partial charge in [0.05, 0.1) is 0 Å². The van der Waals surface area contributed by atoms with Crippen molar-refractivity contribution in [3.8, 4) is 0 Å². The Bertz CT molecular complexity index is 839. The summed E-state index contributed by atoms with van der Waals surface area (Å²) in [5.41, 5.74) is 3.07. The van der Waals surface area contributed by atoms with Crippen LogP contribution in [0.2, 0.25) is 0 Å². The molecule has 2 aromatic carbocycles. The molecule has 1 aliphatic heterocycles. The molecule has 3 fully saturated rings. The standard InChI is InChI=1S/C27H38IP.2C2H6/c1-19-15-25(16-24-11-12-26(29)17-27(19)24)23-9-7-22(8-10-23)21-5-3-20(4-6-21)18-28-13-2-14-28;2*1-2/h11-12,15-17,20-23H,2-10,13-14,18,29H2,1H3;2*1-2H3. The smallest absolute Gasteiger partial charge is 0.106 e. The number of hydrogen-bond acceptors (Lipinski definition) is 0. The molecule has 0 aromatic heterocycles. The van der Waals surface area contributed by atoms with Gasteiger partial charge in [-0.25, -0.2) is 0 Å². The van der Waals surface area contributed by atoms with Crippen LogP contribution in [0.25, 0.3) is 10.8 Å². The van der Waals surface area contributed by atoms with Crippen molar-refractivity contribution in [2.24, 2.45) is 17.8 Å². The second-order valence-corrected chi connectivity index (χ2v) is 17.1. The molecule has 2 heteroatoms. The van der Waals surface area contributed by atoms with Crippen LogP contribution in [0.15, 0.2) is 30.3 Å². The molecule has 1 atom stereocenters. The maximum absolute atomic E-state index is 2.84. The van der Waals surface area contributed by atoms with Gasteiger partial charge in [-0.05, 0) is 23.7 Å². The van der Waals surface area contributed by atoms with Crippen molar-refractivity contribution in [2.75, 3.05) is 13.3 Å². The van der Waals surface area contributed by atoms with Gasteiger partial charge in [0.15, 0.2) is 0 Å². The van der Waals surface area contributed by atoms with Crippen molar-refractivity contribution in [3.63, 3.8) is 0 Å². The molecule has 3 aliphatic rings. The summed E-state index contributed by atoms with van der Waals surface area (Å²) in [5, 5.41) is 4.15. The Morgan fingerprint density at radius 3 is 1.97 bits per heavy atom. The summed E-state index contributed by atoms with van der Waals surface area (Å²) in [6, 6.07) is 11.9. The van der Waals surface area contributed by atoms with Crippen LogP contribution in [0, 0.1) is 24.7 Å². The first-order chi connectivity index (χ1) is 16.2. The van der Waals surface area contributed by atoms with E-state index in [0.29, 0.717) is 0 Å². The van der Waals surface area contributed by atoms with Gasteiger partial charge in [0.25, 0.3) is 0 Å². The molecule has 0 N–H and O–H groups in total. The van der Waals surface area contributed by atoms with Crippen molar-refractivity contribution in [2.45, 2.75) is 98.3 Å². The van der Waals surface area contributed by atoms with Crippen LogP contribution in [0.4, 0.5) is 0 Å². The predicted octanol–water partition coefficient (Wildman–Crippen LogP) is 9.69. The molecule has 0 bridgehead atoms. The van der Waals surface area contributed by atoms with E-state index >= 15 is 0 Å². The van der Waals surface area contributed by atoms with E-state index in [-0.39, 0.29) is 19.8 Å². The van der Waals surface area contributed by atoms with Gasteiger partial charge in [-0.15, -0.1) is 9.24 Å². The molecule has 1 unspecified atom stereocenters. The molecule has 33 heavy (non-hydrogen) atoms. The maximum atomic E-state index is 2.84. The Morgan fingerprint density at radius 1 is 0.788 bits per heavy atom. The summed E-state index contributed by atoms with van der Waals surface area (Å²) in [5.74, 6) is 4.05. The molecule has 0 nitrogen and oxygen atoms in total. The van der Waals surface area contributed by atoms with Gasteiger partial charge in [-0.1, -0.05) is 39.8 Å². The Balaban J connectivity index is 0.000000728. The van der Waals surface area contributed by atoms with E-state index in [1.54, 1.807) is 51.0 Å². The zero-order valence-electron chi connectivity index (χ0n) is 22.1. The van der Waals surface area contributed by atoms with Crippen LogP contribution in [0.1, 0.15) is 103 Å². The number of halogens is 1. The molecule has 186 valence electrons. The van der Waals surface area contributed by atoms with Gasteiger partial charge < -0.3 is 0 Å². The quantitative estimate of drug-likeness (QED) is 0.192. The molecular formula is C31H50IP. The zero-order chi connectivity index (χ0) is 23.8. The molecule has 2 aliphatic carbocycles. The van der Waals surface area contributed by atoms with Crippen molar-refractivity contribution < 1.29 is 0 Å². The summed E-state index contributed by atoms with van der Waals surface area (Å²) in [4.78, 5) is 0. The molecule has 2 saturated carbocycles. The van der Waals surface area contributed by atoms with E-state index in [1.165, 1.54) is 47.3 Å². The third kappa shape index (κ3) is 7.19. The van der Waals surface area contributed by atoms with E-state index in [1.807, 2.05) is 27.7 Å². The SMILES string of the molecule is CC.CC.Cc1cc(C2CCC(C3CCC(CI4CCC4)CC3)CC2)cc2ccc(P)cc12. The van der Waals surface area contributed by atoms with Crippen molar-refractivity contribution >= 4 is 45.1 Å². The molecule has 2 aromatic rings. The monoisotopic (exact) mass is 580 g/mol. The molecular weight excluding hydrogens is 530 g/mol. The zero-order valence-corrected chi connectivity index (χ0v) is 25.4. The van der Waals surface area contributed by atoms with Crippen molar-refractivity contribution in [1.29, 1.82) is 0 Å².